The summed E-state index contributed by atoms with van der Waals surface area (Å²) in [6.07, 6.45) is 2.56. The fraction of sp³-hybridized carbons (Fsp3) is 0.786. The van der Waals surface area contributed by atoms with Crippen molar-refractivity contribution >= 4 is 11.6 Å². The van der Waals surface area contributed by atoms with Crippen LogP contribution in [-0.4, -0.2) is 22.5 Å². The lowest BCUT2D eigenvalue weighted by atomic mass is 9.83. The fourth-order valence-electron chi connectivity index (χ4n) is 2.41. The monoisotopic (exact) mass is 302 g/mol. The zero-order valence-electron chi connectivity index (χ0n) is 13.1. The number of aryl methyl sites for hydroxylation is 1. The van der Waals surface area contributed by atoms with Crippen LogP contribution in [0.5, 0.6) is 0 Å². The topological polar surface area (TPSA) is 65.1 Å². The Hall–Kier alpha value is -0.620. The average Bonchev–Trinajstić information content (AvgIpc) is 2.71. The predicted molar refractivity (Wildman–Crippen MR) is 82.5 cm³/mol. The molecule has 0 aliphatic carbocycles. The minimum Gasteiger partial charge on any atom is -0.376 e. The molecule has 6 heteroatoms. The molecule has 1 heterocycles. The van der Waals surface area contributed by atoms with Crippen LogP contribution in [0.2, 0.25) is 5.02 Å². The van der Waals surface area contributed by atoms with Crippen molar-refractivity contribution in [2.45, 2.75) is 59.7 Å². The molecule has 116 valence electrons. The van der Waals surface area contributed by atoms with E-state index >= 15 is 0 Å². The van der Waals surface area contributed by atoms with Crippen LogP contribution in [0.1, 0.15) is 52.8 Å². The van der Waals surface area contributed by atoms with Crippen molar-refractivity contribution in [3.8, 4) is 0 Å². The third-order valence-electron chi connectivity index (χ3n) is 3.25. The van der Waals surface area contributed by atoms with Gasteiger partial charge in [-0.25, -0.2) is 5.43 Å². The van der Waals surface area contributed by atoms with Crippen molar-refractivity contribution in [1.82, 2.24) is 15.2 Å². The molecule has 1 aromatic heterocycles. The summed E-state index contributed by atoms with van der Waals surface area (Å²) in [5.41, 5.74) is 3.69. The molecule has 0 aliphatic rings. The summed E-state index contributed by atoms with van der Waals surface area (Å²) in [5.74, 6) is 5.80. The van der Waals surface area contributed by atoms with Gasteiger partial charge in [-0.15, -0.1) is 0 Å². The number of nitrogens with two attached hydrogens (primary N) is 1. The van der Waals surface area contributed by atoms with E-state index in [1.807, 2.05) is 11.6 Å². The molecule has 5 nitrogen and oxygen atoms in total. The molecule has 0 fully saturated rings. The molecule has 0 amide bonds. The Morgan fingerprint density at radius 1 is 1.45 bits per heavy atom. The molecule has 20 heavy (non-hydrogen) atoms. The number of nitrogens with one attached hydrogen (secondary N) is 1. The maximum Gasteiger partial charge on any atom is 0.0910 e. The molecular formula is C14H27ClN4O. The molecule has 0 spiro atoms. The largest absolute Gasteiger partial charge is 0.376 e. The van der Waals surface area contributed by atoms with Gasteiger partial charge in [0.1, 0.15) is 0 Å². The van der Waals surface area contributed by atoms with Crippen molar-refractivity contribution < 1.29 is 4.74 Å². The summed E-state index contributed by atoms with van der Waals surface area (Å²) in [5, 5.41) is 4.95. The maximum atomic E-state index is 6.31. The highest BCUT2D eigenvalue weighted by atomic mass is 35.5. The van der Waals surface area contributed by atoms with Crippen molar-refractivity contribution in [3.05, 3.63) is 16.9 Å². The van der Waals surface area contributed by atoms with Gasteiger partial charge in [-0.3, -0.25) is 10.5 Å². The molecule has 0 aromatic carbocycles. The minimum atomic E-state index is -0.198. The minimum absolute atomic E-state index is 0.0717. The first-order chi connectivity index (χ1) is 9.36. The third-order valence-corrected chi connectivity index (χ3v) is 3.54. The number of hydrogen-bond acceptors (Lipinski definition) is 4. The molecule has 0 radical (unpaired) electrons. The molecule has 0 aliphatic heterocycles. The second-order valence-electron chi connectivity index (χ2n) is 5.99. The first kappa shape index (κ1) is 17.4. The van der Waals surface area contributed by atoms with Gasteiger partial charge < -0.3 is 4.74 Å². The van der Waals surface area contributed by atoms with Crippen molar-refractivity contribution in [2.24, 2.45) is 11.3 Å². The van der Waals surface area contributed by atoms with Crippen LogP contribution in [0.15, 0.2) is 6.20 Å². The van der Waals surface area contributed by atoms with E-state index in [0.717, 1.165) is 18.7 Å². The highest BCUT2D eigenvalue weighted by Crippen LogP contribution is 2.35. The van der Waals surface area contributed by atoms with Gasteiger partial charge in [0.25, 0.3) is 0 Å². The second-order valence-corrected chi connectivity index (χ2v) is 6.39. The van der Waals surface area contributed by atoms with Gasteiger partial charge in [-0.05, 0) is 18.8 Å². The van der Waals surface area contributed by atoms with Crippen LogP contribution < -0.4 is 11.3 Å². The lowest BCUT2D eigenvalue weighted by Gasteiger charge is -2.36. The average molecular weight is 303 g/mol. The summed E-state index contributed by atoms with van der Waals surface area (Å²) in [7, 11) is 0. The van der Waals surface area contributed by atoms with Crippen molar-refractivity contribution in [1.29, 1.82) is 0 Å². The van der Waals surface area contributed by atoms with Gasteiger partial charge in [0.05, 0.1) is 29.1 Å². The molecular weight excluding hydrogens is 276 g/mol. The summed E-state index contributed by atoms with van der Waals surface area (Å²) < 4.78 is 7.84. The van der Waals surface area contributed by atoms with E-state index in [9.17, 15) is 0 Å². The van der Waals surface area contributed by atoms with Crippen molar-refractivity contribution in [2.75, 3.05) is 6.61 Å². The normalized spacial score (nSPS) is 15.3. The summed E-state index contributed by atoms with van der Waals surface area (Å²) in [6.45, 7) is 11.9. The van der Waals surface area contributed by atoms with E-state index in [2.05, 4.69) is 38.2 Å². The first-order valence-electron chi connectivity index (χ1n) is 7.15. The Balaban J connectivity index is 3.19. The Bertz CT molecular complexity index is 414. The summed E-state index contributed by atoms with van der Waals surface area (Å²) >= 11 is 6.31. The number of hydrogen-bond donors (Lipinski definition) is 2. The number of hydrazine groups is 1. The van der Waals surface area contributed by atoms with Crippen LogP contribution in [0, 0.1) is 5.41 Å². The van der Waals surface area contributed by atoms with Crippen LogP contribution >= 0.6 is 11.6 Å². The van der Waals surface area contributed by atoms with Gasteiger partial charge in [-0.2, -0.15) is 5.10 Å². The van der Waals surface area contributed by atoms with Crippen LogP contribution in [0.4, 0.5) is 0 Å². The molecule has 1 rings (SSSR count). The third kappa shape index (κ3) is 3.95. The molecule has 2 unspecified atom stereocenters. The predicted octanol–water partition coefficient (Wildman–Crippen LogP) is 2.90. The van der Waals surface area contributed by atoms with Gasteiger partial charge in [0, 0.05) is 13.2 Å². The van der Waals surface area contributed by atoms with Crippen LogP contribution in [0.3, 0.4) is 0 Å². The highest BCUT2D eigenvalue weighted by molar-refractivity contribution is 6.31. The van der Waals surface area contributed by atoms with E-state index < -0.39 is 0 Å². The second kappa shape index (κ2) is 7.41. The standard InChI is InChI=1S/C14H27ClN4O/c1-6-8-19-12(10(15)9-17-19)11(18-16)13(20-7-2)14(3,4)5/h9,11,13,18H,6-8,16H2,1-5H3. The van der Waals surface area contributed by atoms with Crippen LogP contribution in [-0.2, 0) is 11.3 Å². The first-order valence-corrected chi connectivity index (χ1v) is 7.53. The number of nitrogens with zero attached hydrogens (tertiary/aromatic N) is 2. The van der Waals surface area contributed by atoms with E-state index in [4.69, 9.17) is 22.2 Å². The summed E-state index contributed by atoms with van der Waals surface area (Å²) in [6, 6.07) is -0.198. The summed E-state index contributed by atoms with van der Waals surface area (Å²) in [4.78, 5) is 0. The molecule has 2 atom stereocenters. The van der Waals surface area contributed by atoms with Crippen molar-refractivity contribution in [3.63, 3.8) is 0 Å². The molecule has 0 saturated heterocycles. The zero-order chi connectivity index (χ0) is 15.3. The zero-order valence-corrected chi connectivity index (χ0v) is 13.9. The number of aromatic nitrogens is 2. The number of halogens is 1. The van der Waals surface area contributed by atoms with E-state index in [-0.39, 0.29) is 17.6 Å². The maximum absolute atomic E-state index is 6.31. The van der Waals surface area contributed by atoms with E-state index in [1.54, 1.807) is 6.20 Å². The van der Waals surface area contributed by atoms with E-state index in [1.165, 1.54) is 0 Å². The Labute approximate surface area is 126 Å². The highest BCUT2D eigenvalue weighted by Gasteiger charge is 2.36. The van der Waals surface area contributed by atoms with E-state index in [0.29, 0.717) is 11.6 Å². The smallest absolute Gasteiger partial charge is 0.0910 e. The Kier molecular flexibility index (Phi) is 6.45. The SMILES string of the molecule is CCCn1ncc(Cl)c1C(NN)C(OCC)C(C)(C)C. The van der Waals surface area contributed by atoms with Gasteiger partial charge in [0.2, 0.25) is 0 Å². The van der Waals surface area contributed by atoms with Gasteiger partial charge in [-0.1, -0.05) is 39.3 Å². The fourth-order valence-corrected chi connectivity index (χ4v) is 2.67. The quantitative estimate of drug-likeness (QED) is 0.600. The Morgan fingerprint density at radius 2 is 2.10 bits per heavy atom. The number of ether oxygens (including phenoxy) is 1. The molecule has 1 aromatic rings. The van der Waals surface area contributed by atoms with Crippen LogP contribution in [0.25, 0.3) is 0 Å². The molecule has 0 saturated carbocycles. The number of rotatable bonds is 7. The lowest BCUT2D eigenvalue weighted by molar-refractivity contribution is -0.0384. The lowest BCUT2D eigenvalue weighted by Crippen LogP contribution is -2.45. The van der Waals surface area contributed by atoms with Gasteiger partial charge >= 0.3 is 0 Å². The molecule has 3 N–H and O–H groups in total. The van der Waals surface area contributed by atoms with Gasteiger partial charge in [0.15, 0.2) is 0 Å². The molecule has 0 bridgehead atoms. The Morgan fingerprint density at radius 3 is 2.55 bits per heavy atom.